The Morgan fingerprint density at radius 3 is 2.47 bits per heavy atom. The highest BCUT2D eigenvalue weighted by Crippen LogP contribution is 2.31. The van der Waals surface area contributed by atoms with Gasteiger partial charge in [0.25, 0.3) is 0 Å². The smallest absolute Gasteiger partial charge is 0.390 e. The van der Waals surface area contributed by atoms with Crippen LogP contribution in [0.4, 0.5) is 18.9 Å². The standard InChI is InChI=1S/C9H10ClF3N2/c10-5-1-2-7(14)6(3-5)8(15)4-9(11,12)13/h1-3,8H,4,14-15H2/t8-/m0/s1. The van der Waals surface area contributed by atoms with Gasteiger partial charge in [0.15, 0.2) is 0 Å². The van der Waals surface area contributed by atoms with Crippen molar-refractivity contribution < 1.29 is 13.2 Å². The van der Waals surface area contributed by atoms with Gasteiger partial charge in [0.2, 0.25) is 0 Å². The molecule has 0 saturated heterocycles. The molecule has 1 atom stereocenters. The third-order valence-electron chi connectivity index (χ3n) is 1.90. The van der Waals surface area contributed by atoms with Crippen molar-refractivity contribution in [2.24, 2.45) is 5.73 Å². The molecule has 84 valence electrons. The van der Waals surface area contributed by atoms with E-state index >= 15 is 0 Å². The van der Waals surface area contributed by atoms with Gasteiger partial charge in [-0.1, -0.05) is 11.6 Å². The van der Waals surface area contributed by atoms with Crippen molar-refractivity contribution in [2.75, 3.05) is 5.73 Å². The predicted octanol–water partition coefficient (Wildman–Crippen LogP) is 2.87. The number of anilines is 1. The second-order valence-corrected chi connectivity index (χ2v) is 3.64. The maximum absolute atomic E-state index is 12.1. The molecule has 2 nitrogen and oxygen atoms in total. The van der Waals surface area contributed by atoms with Crippen LogP contribution in [0.3, 0.4) is 0 Å². The quantitative estimate of drug-likeness (QED) is 0.779. The van der Waals surface area contributed by atoms with E-state index in [0.717, 1.165) is 0 Å². The van der Waals surface area contributed by atoms with E-state index in [1.807, 2.05) is 0 Å². The number of halogens is 4. The molecule has 1 aromatic rings. The molecular weight excluding hydrogens is 229 g/mol. The van der Waals surface area contributed by atoms with Crippen molar-refractivity contribution in [3.8, 4) is 0 Å². The number of alkyl halides is 3. The SMILES string of the molecule is Nc1ccc(Cl)cc1[C@@H](N)CC(F)(F)F. The molecule has 1 rings (SSSR count). The number of nitrogens with two attached hydrogens (primary N) is 2. The fourth-order valence-electron chi connectivity index (χ4n) is 1.23. The molecule has 6 heteroatoms. The first-order chi connectivity index (χ1) is 6.79. The zero-order valence-corrected chi connectivity index (χ0v) is 8.44. The molecule has 0 amide bonds. The van der Waals surface area contributed by atoms with Gasteiger partial charge in [-0.15, -0.1) is 0 Å². The van der Waals surface area contributed by atoms with E-state index < -0.39 is 18.6 Å². The first kappa shape index (κ1) is 12.1. The van der Waals surface area contributed by atoms with Crippen LogP contribution in [-0.4, -0.2) is 6.18 Å². The average Bonchev–Trinajstić information content (AvgIpc) is 2.06. The van der Waals surface area contributed by atoms with Crippen LogP contribution < -0.4 is 11.5 Å². The van der Waals surface area contributed by atoms with Crippen molar-refractivity contribution in [2.45, 2.75) is 18.6 Å². The Morgan fingerprint density at radius 2 is 1.93 bits per heavy atom. The van der Waals surface area contributed by atoms with Gasteiger partial charge >= 0.3 is 6.18 Å². The highest BCUT2D eigenvalue weighted by molar-refractivity contribution is 6.30. The topological polar surface area (TPSA) is 52.0 Å². The van der Waals surface area contributed by atoms with Crippen molar-refractivity contribution in [1.82, 2.24) is 0 Å². The van der Waals surface area contributed by atoms with Crippen LogP contribution in [0.2, 0.25) is 5.02 Å². The predicted molar refractivity (Wildman–Crippen MR) is 53.5 cm³/mol. The molecule has 0 aliphatic rings. The normalized spacial score (nSPS) is 13.9. The van der Waals surface area contributed by atoms with Crippen molar-refractivity contribution in [3.63, 3.8) is 0 Å². The maximum Gasteiger partial charge on any atom is 0.390 e. The summed E-state index contributed by atoms with van der Waals surface area (Å²) < 4.78 is 36.2. The fraction of sp³-hybridized carbons (Fsp3) is 0.333. The Balaban J connectivity index is 2.90. The largest absolute Gasteiger partial charge is 0.398 e. The molecule has 0 bridgehead atoms. The Kier molecular flexibility index (Phi) is 3.46. The number of hydrogen-bond acceptors (Lipinski definition) is 2. The monoisotopic (exact) mass is 238 g/mol. The first-order valence-corrected chi connectivity index (χ1v) is 4.54. The number of hydrogen-bond donors (Lipinski definition) is 2. The van der Waals surface area contributed by atoms with Gasteiger partial charge in [-0.05, 0) is 23.8 Å². The Labute approximate surface area is 90.0 Å². The van der Waals surface area contributed by atoms with E-state index in [1.165, 1.54) is 18.2 Å². The molecule has 0 heterocycles. The zero-order valence-electron chi connectivity index (χ0n) is 7.68. The summed E-state index contributed by atoms with van der Waals surface area (Å²) in [5.74, 6) is 0. The third-order valence-corrected chi connectivity index (χ3v) is 2.13. The summed E-state index contributed by atoms with van der Waals surface area (Å²) in [6.07, 6.45) is -5.42. The minimum absolute atomic E-state index is 0.219. The van der Waals surface area contributed by atoms with Crippen LogP contribution in [0, 0.1) is 0 Å². The van der Waals surface area contributed by atoms with Crippen molar-refractivity contribution in [1.29, 1.82) is 0 Å². The molecule has 0 radical (unpaired) electrons. The molecule has 0 aliphatic carbocycles. The molecular formula is C9H10ClF3N2. The number of rotatable bonds is 2. The van der Waals surface area contributed by atoms with Gasteiger partial charge in [-0.25, -0.2) is 0 Å². The summed E-state index contributed by atoms with van der Waals surface area (Å²) in [6.45, 7) is 0. The molecule has 0 spiro atoms. The molecule has 0 aromatic heterocycles. The summed E-state index contributed by atoms with van der Waals surface area (Å²) in [5, 5.41) is 0.317. The Hall–Kier alpha value is -0.940. The van der Waals surface area contributed by atoms with E-state index in [-0.39, 0.29) is 11.3 Å². The lowest BCUT2D eigenvalue weighted by Gasteiger charge is -2.16. The van der Waals surface area contributed by atoms with E-state index in [0.29, 0.717) is 5.02 Å². The average molecular weight is 239 g/mol. The van der Waals surface area contributed by atoms with E-state index in [2.05, 4.69) is 0 Å². The van der Waals surface area contributed by atoms with Gasteiger partial charge in [0, 0.05) is 16.8 Å². The third kappa shape index (κ3) is 3.60. The molecule has 15 heavy (non-hydrogen) atoms. The number of nitrogen functional groups attached to an aromatic ring is 1. The molecule has 0 fully saturated rings. The zero-order chi connectivity index (χ0) is 11.6. The van der Waals surface area contributed by atoms with Crippen LogP contribution in [-0.2, 0) is 0 Å². The highest BCUT2D eigenvalue weighted by atomic mass is 35.5. The fourth-order valence-corrected chi connectivity index (χ4v) is 1.41. The molecule has 0 unspecified atom stereocenters. The Bertz CT molecular complexity index is 352. The first-order valence-electron chi connectivity index (χ1n) is 4.17. The van der Waals surface area contributed by atoms with Crippen molar-refractivity contribution >= 4 is 17.3 Å². The molecule has 0 saturated carbocycles. The minimum atomic E-state index is -4.31. The summed E-state index contributed by atoms with van der Waals surface area (Å²) in [7, 11) is 0. The lowest BCUT2D eigenvalue weighted by atomic mass is 10.0. The van der Waals surface area contributed by atoms with Gasteiger partial charge in [-0.3, -0.25) is 0 Å². The van der Waals surface area contributed by atoms with Crippen LogP contribution >= 0.6 is 11.6 Å². The van der Waals surface area contributed by atoms with Crippen LogP contribution in [0.15, 0.2) is 18.2 Å². The highest BCUT2D eigenvalue weighted by Gasteiger charge is 2.31. The lowest BCUT2D eigenvalue weighted by Crippen LogP contribution is -2.21. The lowest BCUT2D eigenvalue weighted by molar-refractivity contribution is -0.138. The molecule has 1 aromatic carbocycles. The summed E-state index contributed by atoms with van der Waals surface area (Å²) >= 11 is 5.64. The van der Waals surface area contributed by atoms with Crippen molar-refractivity contribution in [3.05, 3.63) is 28.8 Å². The Morgan fingerprint density at radius 1 is 1.33 bits per heavy atom. The van der Waals surface area contributed by atoms with Crippen LogP contribution in [0.1, 0.15) is 18.0 Å². The van der Waals surface area contributed by atoms with Crippen LogP contribution in [0.5, 0.6) is 0 Å². The summed E-state index contributed by atoms with van der Waals surface area (Å²) in [5.41, 5.74) is 11.3. The second-order valence-electron chi connectivity index (χ2n) is 3.20. The van der Waals surface area contributed by atoms with E-state index in [9.17, 15) is 13.2 Å². The van der Waals surface area contributed by atoms with Gasteiger partial charge < -0.3 is 11.5 Å². The van der Waals surface area contributed by atoms with Gasteiger partial charge in [0.1, 0.15) is 0 Å². The minimum Gasteiger partial charge on any atom is -0.398 e. The maximum atomic E-state index is 12.1. The van der Waals surface area contributed by atoms with Gasteiger partial charge in [-0.2, -0.15) is 13.2 Å². The van der Waals surface area contributed by atoms with E-state index in [4.69, 9.17) is 23.1 Å². The molecule has 4 N–H and O–H groups in total. The van der Waals surface area contributed by atoms with E-state index in [1.54, 1.807) is 0 Å². The summed E-state index contributed by atoms with van der Waals surface area (Å²) in [6, 6.07) is 3.12. The summed E-state index contributed by atoms with van der Waals surface area (Å²) in [4.78, 5) is 0. The van der Waals surface area contributed by atoms with Crippen LogP contribution in [0.25, 0.3) is 0 Å². The van der Waals surface area contributed by atoms with Gasteiger partial charge in [0.05, 0.1) is 6.42 Å². The second kappa shape index (κ2) is 4.28. The molecule has 0 aliphatic heterocycles. The number of benzene rings is 1.